The lowest BCUT2D eigenvalue weighted by atomic mass is 10.1. The lowest BCUT2D eigenvalue weighted by molar-refractivity contribution is 0.628. The Morgan fingerprint density at radius 2 is 1.73 bits per heavy atom. The summed E-state index contributed by atoms with van der Waals surface area (Å²) in [5.41, 5.74) is 1.87. The van der Waals surface area contributed by atoms with E-state index in [2.05, 4.69) is 37.9 Å². The van der Waals surface area contributed by atoms with Crippen LogP contribution < -0.4 is 0 Å². The van der Waals surface area contributed by atoms with E-state index in [4.69, 9.17) is 0 Å². The molecule has 0 aliphatic carbocycles. The van der Waals surface area contributed by atoms with Gasteiger partial charge in [-0.1, -0.05) is 44.0 Å². The largest absolute Gasteiger partial charge is 0.207 e. The molecule has 0 aromatic heterocycles. The van der Waals surface area contributed by atoms with Crippen molar-refractivity contribution in [3.63, 3.8) is 0 Å². The van der Waals surface area contributed by atoms with Crippen molar-refractivity contribution >= 4 is 31.9 Å². The standard InChI is InChI=1S/C12H6Br2F/c13-9-3-6-11(12(14)7-9)8-1-4-10(15)5-2-8/h1-5,7H. The highest BCUT2D eigenvalue weighted by atomic mass is 79.9. The van der Waals surface area contributed by atoms with E-state index in [1.165, 1.54) is 12.1 Å². The zero-order valence-electron chi connectivity index (χ0n) is 7.60. The number of hydrogen-bond acceptors (Lipinski definition) is 0. The van der Waals surface area contributed by atoms with E-state index >= 15 is 0 Å². The second-order valence-corrected chi connectivity index (χ2v) is 4.82. The van der Waals surface area contributed by atoms with Crippen LogP contribution in [-0.4, -0.2) is 0 Å². The van der Waals surface area contributed by atoms with Crippen molar-refractivity contribution in [1.29, 1.82) is 0 Å². The number of halogens is 3. The van der Waals surface area contributed by atoms with Gasteiger partial charge in [-0.2, -0.15) is 0 Å². The molecule has 0 atom stereocenters. The molecule has 0 fully saturated rings. The minimum absolute atomic E-state index is 0.230. The number of hydrogen-bond donors (Lipinski definition) is 0. The summed E-state index contributed by atoms with van der Waals surface area (Å²) in [6.07, 6.45) is 0. The van der Waals surface area contributed by atoms with Gasteiger partial charge in [-0.3, -0.25) is 0 Å². The summed E-state index contributed by atoms with van der Waals surface area (Å²) >= 11 is 6.81. The zero-order chi connectivity index (χ0) is 10.8. The SMILES string of the molecule is Fc1ccc(-c2[c]cc(Br)cc2Br)cc1. The van der Waals surface area contributed by atoms with Gasteiger partial charge >= 0.3 is 0 Å². The Labute approximate surface area is 104 Å². The first-order chi connectivity index (χ1) is 7.16. The molecule has 1 radical (unpaired) electrons. The summed E-state index contributed by atoms with van der Waals surface area (Å²) < 4.78 is 14.6. The normalized spacial score (nSPS) is 10.3. The molecular formula is C12H6Br2F. The van der Waals surface area contributed by atoms with Crippen LogP contribution in [0.2, 0.25) is 0 Å². The molecule has 2 aromatic rings. The Balaban J connectivity index is 2.49. The zero-order valence-corrected chi connectivity index (χ0v) is 10.8. The number of rotatable bonds is 1. The van der Waals surface area contributed by atoms with Crippen LogP contribution >= 0.6 is 31.9 Å². The van der Waals surface area contributed by atoms with Gasteiger partial charge in [-0.25, -0.2) is 4.39 Å². The maximum Gasteiger partial charge on any atom is 0.123 e. The van der Waals surface area contributed by atoms with Crippen LogP contribution in [0.4, 0.5) is 4.39 Å². The van der Waals surface area contributed by atoms with E-state index in [1.54, 1.807) is 12.1 Å². The predicted molar refractivity (Wildman–Crippen MR) is 66.1 cm³/mol. The Bertz CT molecular complexity index is 477. The molecule has 0 bridgehead atoms. The smallest absolute Gasteiger partial charge is 0.123 e. The van der Waals surface area contributed by atoms with Crippen LogP contribution in [0, 0.1) is 11.9 Å². The fraction of sp³-hybridized carbons (Fsp3) is 0. The van der Waals surface area contributed by atoms with Crippen molar-refractivity contribution in [2.75, 3.05) is 0 Å². The van der Waals surface area contributed by atoms with Crippen molar-refractivity contribution in [2.24, 2.45) is 0 Å². The second-order valence-electron chi connectivity index (χ2n) is 3.05. The maximum atomic E-state index is 12.7. The molecule has 0 saturated heterocycles. The highest BCUT2D eigenvalue weighted by molar-refractivity contribution is 9.11. The van der Waals surface area contributed by atoms with Crippen LogP contribution in [-0.2, 0) is 0 Å². The Morgan fingerprint density at radius 1 is 1.07 bits per heavy atom. The van der Waals surface area contributed by atoms with E-state index in [0.717, 1.165) is 20.1 Å². The summed E-state index contributed by atoms with van der Waals surface area (Å²) in [5.74, 6) is -0.230. The summed E-state index contributed by atoms with van der Waals surface area (Å²) in [6.45, 7) is 0. The van der Waals surface area contributed by atoms with E-state index in [-0.39, 0.29) is 5.82 Å². The quantitative estimate of drug-likeness (QED) is 0.704. The Morgan fingerprint density at radius 3 is 2.33 bits per heavy atom. The lowest BCUT2D eigenvalue weighted by Gasteiger charge is -2.04. The first kappa shape index (κ1) is 10.8. The molecule has 0 nitrogen and oxygen atoms in total. The summed E-state index contributed by atoms with van der Waals surface area (Å²) in [6, 6.07) is 13.3. The highest BCUT2D eigenvalue weighted by Crippen LogP contribution is 2.30. The van der Waals surface area contributed by atoms with Gasteiger partial charge in [0.1, 0.15) is 5.82 Å². The molecule has 2 rings (SSSR count). The van der Waals surface area contributed by atoms with Gasteiger partial charge in [0.05, 0.1) is 0 Å². The van der Waals surface area contributed by atoms with E-state index in [9.17, 15) is 4.39 Å². The van der Waals surface area contributed by atoms with Gasteiger partial charge < -0.3 is 0 Å². The maximum absolute atomic E-state index is 12.7. The molecule has 0 aliphatic heterocycles. The monoisotopic (exact) mass is 327 g/mol. The molecule has 0 saturated carbocycles. The molecule has 0 aliphatic rings. The molecule has 15 heavy (non-hydrogen) atoms. The Hall–Kier alpha value is -0.670. The van der Waals surface area contributed by atoms with Gasteiger partial charge in [0.25, 0.3) is 0 Å². The third-order valence-electron chi connectivity index (χ3n) is 1.99. The average Bonchev–Trinajstić information content (AvgIpc) is 2.20. The van der Waals surface area contributed by atoms with Gasteiger partial charge in [-0.05, 0) is 35.9 Å². The summed E-state index contributed by atoms with van der Waals surface area (Å²) in [5, 5.41) is 0. The van der Waals surface area contributed by atoms with Crippen molar-refractivity contribution in [1.82, 2.24) is 0 Å². The molecule has 3 heteroatoms. The van der Waals surface area contributed by atoms with Crippen molar-refractivity contribution in [2.45, 2.75) is 0 Å². The number of benzene rings is 2. The molecule has 0 unspecified atom stereocenters. The molecule has 0 amide bonds. The fourth-order valence-corrected chi connectivity index (χ4v) is 2.52. The second kappa shape index (κ2) is 4.45. The van der Waals surface area contributed by atoms with Gasteiger partial charge in [0.2, 0.25) is 0 Å². The van der Waals surface area contributed by atoms with E-state index < -0.39 is 0 Å². The molecule has 0 heterocycles. The van der Waals surface area contributed by atoms with Crippen molar-refractivity contribution < 1.29 is 4.39 Å². The van der Waals surface area contributed by atoms with Crippen LogP contribution in [0.25, 0.3) is 11.1 Å². The van der Waals surface area contributed by atoms with Gasteiger partial charge in [-0.15, -0.1) is 0 Å². The van der Waals surface area contributed by atoms with E-state index in [0.29, 0.717) is 0 Å². The van der Waals surface area contributed by atoms with Crippen LogP contribution in [0.1, 0.15) is 0 Å². The topological polar surface area (TPSA) is 0 Å². The van der Waals surface area contributed by atoms with Crippen molar-refractivity contribution in [3.05, 3.63) is 57.2 Å². The lowest BCUT2D eigenvalue weighted by Crippen LogP contribution is -1.81. The molecule has 0 N–H and O–H groups in total. The van der Waals surface area contributed by atoms with Crippen LogP contribution in [0.3, 0.4) is 0 Å². The van der Waals surface area contributed by atoms with Gasteiger partial charge in [0.15, 0.2) is 0 Å². The Kier molecular flexibility index (Phi) is 3.22. The summed E-state index contributed by atoms with van der Waals surface area (Å²) in [4.78, 5) is 0. The minimum atomic E-state index is -0.230. The first-order valence-corrected chi connectivity index (χ1v) is 5.88. The average molecular weight is 329 g/mol. The van der Waals surface area contributed by atoms with Crippen molar-refractivity contribution in [3.8, 4) is 11.1 Å². The van der Waals surface area contributed by atoms with Crippen LogP contribution in [0.5, 0.6) is 0 Å². The van der Waals surface area contributed by atoms with Crippen LogP contribution in [0.15, 0.2) is 45.3 Å². The van der Waals surface area contributed by atoms with E-state index in [1.807, 2.05) is 12.1 Å². The molecule has 2 aromatic carbocycles. The first-order valence-electron chi connectivity index (χ1n) is 4.29. The molecular weight excluding hydrogens is 323 g/mol. The summed E-state index contributed by atoms with van der Waals surface area (Å²) in [7, 11) is 0. The van der Waals surface area contributed by atoms with Gasteiger partial charge in [0, 0.05) is 14.5 Å². The third kappa shape index (κ3) is 2.47. The highest BCUT2D eigenvalue weighted by Gasteiger charge is 2.03. The molecule has 0 spiro atoms. The third-order valence-corrected chi connectivity index (χ3v) is 3.07. The molecule has 75 valence electrons. The minimum Gasteiger partial charge on any atom is -0.207 e. The predicted octanol–water partition coefficient (Wildman–Crippen LogP) is 4.82. The fourth-order valence-electron chi connectivity index (χ4n) is 1.28.